The van der Waals surface area contributed by atoms with Crippen LogP contribution in [-0.4, -0.2) is 51.6 Å². The van der Waals surface area contributed by atoms with E-state index >= 15 is 0 Å². The molecule has 2 aromatic rings. The van der Waals surface area contributed by atoms with Gasteiger partial charge < -0.3 is 15.4 Å². The minimum absolute atomic E-state index is 0. The molecule has 0 aliphatic rings. The summed E-state index contributed by atoms with van der Waals surface area (Å²) < 4.78 is 45.7. The first-order valence-corrected chi connectivity index (χ1v) is 10.7. The van der Waals surface area contributed by atoms with E-state index in [9.17, 15) is 12.8 Å². The lowest BCUT2D eigenvalue weighted by Crippen LogP contribution is -2.42. The maximum Gasteiger partial charge on any atom is 0.242 e. The number of aliphatic imine (C=N–C) groups is 1. The quantitative estimate of drug-likeness (QED) is 0.181. The van der Waals surface area contributed by atoms with Crippen molar-refractivity contribution in [1.29, 1.82) is 0 Å². The molecule has 0 aliphatic heterocycles. The molecule has 0 saturated heterocycles. The molecule has 0 saturated carbocycles. The van der Waals surface area contributed by atoms with Crippen LogP contribution in [0.25, 0.3) is 0 Å². The van der Waals surface area contributed by atoms with Gasteiger partial charge in [0.25, 0.3) is 0 Å². The molecule has 166 valence electrons. The zero-order valence-corrected chi connectivity index (χ0v) is 20.0. The van der Waals surface area contributed by atoms with Crippen molar-refractivity contribution >= 4 is 40.0 Å². The topological polar surface area (TPSA) is 105 Å². The predicted octanol–water partition coefficient (Wildman–Crippen LogP) is 2.14. The van der Waals surface area contributed by atoms with E-state index in [-0.39, 0.29) is 47.3 Å². The van der Waals surface area contributed by atoms with Crippen LogP contribution in [0.3, 0.4) is 0 Å². The second-order valence-electron chi connectivity index (χ2n) is 6.12. The Hall–Kier alpha value is -1.99. The van der Waals surface area contributed by atoms with E-state index in [4.69, 9.17) is 4.74 Å². The lowest BCUT2D eigenvalue weighted by atomic mass is 10.3. The van der Waals surface area contributed by atoms with Gasteiger partial charge in [0.1, 0.15) is 22.6 Å². The van der Waals surface area contributed by atoms with Crippen molar-refractivity contribution in [3.63, 3.8) is 0 Å². The van der Waals surface area contributed by atoms with Crippen molar-refractivity contribution in [2.45, 2.75) is 24.8 Å². The highest BCUT2D eigenvalue weighted by atomic mass is 127. The number of aromatic nitrogens is 1. The van der Waals surface area contributed by atoms with Crippen molar-refractivity contribution in [1.82, 2.24) is 20.3 Å². The third-order valence-electron chi connectivity index (χ3n) is 3.64. The highest BCUT2D eigenvalue weighted by Crippen LogP contribution is 2.13. The van der Waals surface area contributed by atoms with Crippen LogP contribution in [0, 0.1) is 5.82 Å². The summed E-state index contributed by atoms with van der Waals surface area (Å²) >= 11 is 0. The fourth-order valence-corrected chi connectivity index (χ4v) is 3.32. The largest absolute Gasteiger partial charge is 0.489 e. The number of guanidine groups is 1. The van der Waals surface area contributed by atoms with Crippen LogP contribution in [0.2, 0.25) is 0 Å². The third-order valence-corrected chi connectivity index (χ3v) is 5.08. The lowest BCUT2D eigenvalue weighted by molar-refractivity contribution is 0.229. The Morgan fingerprint density at radius 2 is 2.03 bits per heavy atom. The molecule has 0 aliphatic carbocycles. The minimum atomic E-state index is -3.60. The summed E-state index contributed by atoms with van der Waals surface area (Å²) in [5.41, 5.74) is 0. The van der Waals surface area contributed by atoms with Crippen LogP contribution in [0.1, 0.15) is 13.8 Å². The zero-order valence-electron chi connectivity index (χ0n) is 16.8. The van der Waals surface area contributed by atoms with E-state index in [0.29, 0.717) is 31.3 Å². The van der Waals surface area contributed by atoms with Gasteiger partial charge in [0.2, 0.25) is 10.0 Å². The first-order chi connectivity index (χ1) is 13.9. The van der Waals surface area contributed by atoms with Crippen LogP contribution in [-0.2, 0) is 10.0 Å². The Morgan fingerprint density at radius 1 is 1.23 bits per heavy atom. The Kier molecular flexibility index (Phi) is 11.6. The van der Waals surface area contributed by atoms with Gasteiger partial charge in [-0.3, -0.25) is 4.98 Å². The van der Waals surface area contributed by atoms with Gasteiger partial charge in [-0.2, -0.15) is 0 Å². The number of rotatable bonds is 10. The highest BCUT2D eigenvalue weighted by Gasteiger charge is 2.13. The monoisotopic (exact) mass is 551 g/mol. The van der Waals surface area contributed by atoms with Crippen molar-refractivity contribution in [3.8, 4) is 5.75 Å². The van der Waals surface area contributed by atoms with Crippen LogP contribution in [0.5, 0.6) is 5.75 Å². The summed E-state index contributed by atoms with van der Waals surface area (Å²) in [6, 6.07) is 8.98. The minimum Gasteiger partial charge on any atom is -0.489 e. The number of hydrogen-bond acceptors (Lipinski definition) is 5. The second kappa shape index (κ2) is 13.3. The molecular formula is C19H27FIN5O3S. The molecule has 30 heavy (non-hydrogen) atoms. The van der Waals surface area contributed by atoms with Crippen LogP contribution in [0.15, 0.2) is 58.7 Å². The first kappa shape index (κ1) is 26.0. The van der Waals surface area contributed by atoms with Crippen molar-refractivity contribution in [3.05, 3.63) is 54.6 Å². The lowest BCUT2D eigenvalue weighted by Gasteiger charge is -2.15. The molecule has 8 nitrogen and oxygen atoms in total. The number of pyridine rings is 1. The first-order valence-electron chi connectivity index (χ1n) is 9.25. The average molecular weight is 551 g/mol. The Labute approximate surface area is 193 Å². The smallest absolute Gasteiger partial charge is 0.242 e. The second-order valence-corrected chi connectivity index (χ2v) is 7.89. The number of nitrogens with one attached hydrogen (secondary N) is 3. The van der Waals surface area contributed by atoms with Gasteiger partial charge in [-0.1, -0.05) is 6.07 Å². The summed E-state index contributed by atoms with van der Waals surface area (Å²) in [5, 5.41) is 6.13. The van der Waals surface area contributed by atoms with Gasteiger partial charge in [0.05, 0.1) is 6.54 Å². The fourth-order valence-electron chi connectivity index (χ4n) is 2.33. The van der Waals surface area contributed by atoms with Crippen molar-refractivity contribution in [2.75, 3.05) is 26.2 Å². The summed E-state index contributed by atoms with van der Waals surface area (Å²) in [6.45, 7) is 5.26. The summed E-state index contributed by atoms with van der Waals surface area (Å²) in [6.07, 6.45) is 2.54. The van der Waals surface area contributed by atoms with Gasteiger partial charge in [0.15, 0.2) is 5.96 Å². The number of halogens is 2. The van der Waals surface area contributed by atoms with Crippen molar-refractivity contribution in [2.24, 2.45) is 4.99 Å². The standard InChI is InChI=1S/C19H26FN5O3S.HI/c1-3-22-19(24-13-15(2)28-17-7-4-6-16(20)12-17)23-10-11-25-29(26,27)18-8-5-9-21-14-18;/h4-9,12,14-15,25H,3,10-11,13H2,1-2H3,(H2,22,23,24);1H. The Bertz CT molecular complexity index is 900. The normalized spacial score (nSPS) is 12.6. The number of nitrogens with zero attached hydrogens (tertiary/aromatic N) is 2. The number of benzene rings is 1. The molecule has 1 aromatic heterocycles. The van der Waals surface area contributed by atoms with E-state index < -0.39 is 10.0 Å². The van der Waals surface area contributed by atoms with Gasteiger partial charge in [0, 0.05) is 38.1 Å². The highest BCUT2D eigenvalue weighted by molar-refractivity contribution is 14.0. The van der Waals surface area contributed by atoms with Crippen LogP contribution < -0.4 is 20.1 Å². The van der Waals surface area contributed by atoms with Gasteiger partial charge >= 0.3 is 0 Å². The van der Waals surface area contributed by atoms with Crippen LogP contribution >= 0.6 is 24.0 Å². The molecule has 1 heterocycles. The van der Waals surface area contributed by atoms with E-state index in [1.165, 1.54) is 30.6 Å². The SMILES string of the molecule is CCNC(=NCC(C)Oc1cccc(F)c1)NCCNS(=O)(=O)c1cccnc1.I. The molecule has 0 radical (unpaired) electrons. The molecule has 1 unspecified atom stereocenters. The van der Waals surface area contributed by atoms with Gasteiger partial charge in [-0.05, 0) is 38.1 Å². The van der Waals surface area contributed by atoms with Gasteiger partial charge in [-0.25, -0.2) is 22.5 Å². The third kappa shape index (κ3) is 9.22. The fraction of sp³-hybridized carbons (Fsp3) is 0.368. The summed E-state index contributed by atoms with van der Waals surface area (Å²) in [7, 11) is -3.60. The number of ether oxygens (including phenoxy) is 1. The summed E-state index contributed by atoms with van der Waals surface area (Å²) in [4.78, 5) is 8.34. The van der Waals surface area contributed by atoms with E-state index in [1.807, 2.05) is 13.8 Å². The molecule has 0 spiro atoms. The molecular weight excluding hydrogens is 524 g/mol. The average Bonchev–Trinajstić information content (AvgIpc) is 2.70. The Morgan fingerprint density at radius 3 is 2.70 bits per heavy atom. The summed E-state index contributed by atoms with van der Waals surface area (Å²) in [5.74, 6) is 0.611. The number of hydrogen-bond donors (Lipinski definition) is 3. The maximum absolute atomic E-state index is 13.2. The van der Waals surface area contributed by atoms with Crippen LogP contribution in [0.4, 0.5) is 4.39 Å². The van der Waals surface area contributed by atoms with E-state index in [2.05, 4.69) is 25.3 Å². The molecule has 0 amide bonds. The number of sulfonamides is 1. The molecule has 3 N–H and O–H groups in total. The predicted molar refractivity (Wildman–Crippen MR) is 125 cm³/mol. The molecule has 2 rings (SSSR count). The Balaban J connectivity index is 0.00000450. The molecule has 0 fully saturated rings. The van der Waals surface area contributed by atoms with Gasteiger partial charge in [-0.15, -0.1) is 24.0 Å². The molecule has 1 atom stereocenters. The zero-order chi connectivity index (χ0) is 21.1. The van der Waals surface area contributed by atoms with E-state index in [0.717, 1.165) is 0 Å². The molecule has 0 bridgehead atoms. The van der Waals surface area contributed by atoms with Crippen molar-refractivity contribution < 1.29 is 17.5 Å². The van der Waals surface area contributed by atoms with E-state index in [1.54, 1.807) is 18.2 Å². The molecule has 1 aromatic carbocycles. The molecule has 11 heteroatoms. The maximum atomic E-state index is 13.2.